The van der Waals surface area contributed by atoms with E-state index in [0.29, 0.717) is 0 Å². The number of aliphatic hydroxyl groups is 3. The van der Waals surface area contributed by atoms with Crippen LogP contribution in [0.25, 0.3) is 0 Å². The lowest BCUT2D eigenvalue weighted by atomic mass is 9.93. The highest BCUT2D eigenvalue weighted by atomic mass is 16.6. The van der Waals surface area contributed by atoms with E-state index in [0.717, 1.165) is 0 Å². The van der Waals surface area contributed by atoms with Gasteiger partial charge in [-0.15, -0.1) is 0 Å². The first-order chi connectivity index (χ1) is 5.57. The summed E-state index contributed by atoms with van der Waals surface area (Å²) in [5.41, 5.74) is 0. The van der Waals surface area contributed by atoms with Gasteiger partial charge in [-0.1, -0.05) is 13.0 Å². The molecular formula is C7H13O5-. The number of hydrogen-bond donors (Lipinski definition) is 3. The lowest BCUT2D eigenvalue weighted by Crippen LogP contribution is -2.60. The molecule has 12 heavy (non-hydrogen) atoms. The lowest BCUT2D eigenvalue weighted by molar-refractivity contribution is -0.483. The van der Waals surface area contributed by atoms with Crippen molar-refractivity contribution in [2.45, 2.75) is 31.5 Å². The molecule has 0 amide bonds. The van der Waals surface area contributed by atoms with Crippen LogP contribution < -0.4 is 5.11 Å². The summed E-state index contributed by atoms with van der Waals surface area (Å²) in [5, 5.41) is 38.2. The van der Waals surface area contributed by atoms with Crippen LogP contribution in [0, 0.1) is 5.92 Å². The summed E-state index contributed by atoms with van der Waals surface area (Å²) in [5.74, 6) is -0.602. The predicted octanol–water partition coefficient (Wildman–Crippen LogP) is -2.58. The largest absolute Gasteiger partial charge is 0.848 e. The van der Waals surface area contributed by atoms with Crippen LogP contribution in [0.3, 0.4) is 0 Å². The molecular weight excluding hydrogens is 164 g/mol. The summed E-state index contributed by atoms with van der Waals surface area (Å²) in [6, 6.07) is 0. The van der Waals surface area contributed by atoms with Gasteiger partial charge >= 0.3 is 0 Å². The first-order valence-corrected chi connectivity index (χ1v) is 3.86. The van der Waals surface area contributed by atoms with E-state index in [1.165, 1.54) is 6.92 Å². The predicted molar refractivity (Wildman–Crippen MR) is 36.9 cm³/mol. The highest BCUT2D eigenvalue weighted by Gasteiger charge is 2.35. The molecule has 1 fully saturated rings. The van der Waals surface area contributed by atoms with E-state index in [1.807, 2.05) is 0 Å². The first kappa shape index (κ1) is 9.88. The molecule has 5 heteroatoms. The highest BCUT2D eigenvalue weighted by molar-refractivity contribution is 4.85. The Bertz CT molecular complexity index is 146. The van der Waals surface area contributed by atoms with Gasteiger partial charge in [-0.2, -0.15) is 0 Å². The molecule has 0 spiro atoms. The third kappa shape index (κ3) is 1.60. The quantitative estimate of drug-likeness (QED) is 0.409. The fourth-order valence-corrected chi connectivity index (χ4v) is 1.22. The number of ether oxygens (including phenoxy) is 1. The normalized spacial score (nSPS) is 49.2. The maximum absolute atomic E-state index is 11.1. The monoisotopic (exact) mass is 177 g/mol. The van der Waals surface area contributed by atoms with Crippen molar-refractivity contribution in [1.82, 2.24) is 0 Å². The first-order valence-electron chi connectivity index (χ1n) is 3.86. The van der Waals surface area contributed by atoms with E-state index >= 15 is 0 Å². The van der Waals surface area contributed by atoms with Crippen molar-refractivity contribution in [3.63, 3.8) is 0 Å². The molecule has 3 unspecified atom stereocenters. The van der Waals surface area contributed by atoms with Crippen molar-refractivity contribution in [2.75, 3.05) is 6.61 Å². The van der Waals surface area contributed by atoms with Crippen LogP contribution in [0.5, 0.6) is 0 Å². The summed E-state index contributed by atoms with van der Waals surface area (Å²) in [4.78, 5) is 0. The topological polar surface area (TPSA) is 93.0 Å². The van der Waals surface area contributed by atoms with Gasteiger partial charge < -0.3 is 25.2 Å². The maximum Gasteiger partial charge on any atom is 0.159 e. The molecule has 0 aliphatic carbocycles. The van der Waals surface area contributed by atoms with Gasteiger partial charge in [0.2, 0.25) is 0 Å². The van der Waals surface area contributed by atoms with Crippen LogP contribution in [0.4, 0.5) is 0 Å². The van der Waals surface area contributed by atoms with Crippen molar-refractivity contribution < 1.29 is 25.2 Å². The molecule has 1 heterocycles. The van der Waals surface area contributed by atoms with Crippen molar-refractivity contribution in [2.24, 2.45) is 5.92 Å². The van der Waals surface area contributed by atoms with E-state index in [9.17, 15) is 10.2 Å². The molecule has 0 aromatic carbocycles. The van der Waals surface area contributed by atoms with Gasteiger partial charge in [-0.05, 0) is 0 Å². The number of aliphatic hydroxyl groups excluding tert-OH is 3. The van der Waals surface area contributed by atoms with Gasteiger partial charge in [0.1, 0.15) is 0 Å². The minimum Gasteiger partial charge on any atom is -0.848 e. The average Bonchev–Trinajstić information content (AvgIpc) is 2.08. The van der Waals surface area contributed by atoms with Crippen LogP contribution in [-0.2, 0) is 4.74 Å². The van der Waals surface area contributed by atoms with Crippen LogP contribution in [0.1, 0.15) is 6.92 Å². The summed E-state index contributed by atoms with van der Waals surface area (Å²) in [7, 11) is 0. The van der Waals surface area contributed by atoms with Gasteiger partial charge in [0.15, 0.2) is 6.29 Å². The molecule has 0 aromatic rings. The van der Waals surface area contributed by atoms with E-state index < -0.39 is 37.1 Å². The van der Waals surface area contributed by atoms with E-state index in [2.05, 4.69) is 0 Å². The van der Waals surface area contributed by atoms with Crippen LogP contribution >= 0.6 is 0 Å². The molecule has 0 saturated carbocycles. The zero-order valence-corrected chi connectivity index (χ0v) is 6.75. The summed E-state index contributed by atoms with van der Waals surface area (Å²) < 4.78 is 4.76. The Morgan fingerprint density at radius 3 is 2.50 bits per heavy atom. The number of rotatable bonds is 1. The van der Waals surface area contributed by atoms with E-state index in [-0.39, 0.29) is 0 Å². The van der Waals surface area contributed by atoms with Gasteiger partial charge in [-0.25, -0.2) is 0 Å². The molecule has 1 rings (SSSR count). The molecule has 0 bridgehead atoms. The van der Waals surface area contributed by atoms with Crippen molar-refractivity contribution >= 4 is 0 Å². The second-order valence-corrected chi connectivity index (χ2v) is 3.06. The SMILES string of the molecule is CC1C(O)O[C@H](CO)C([O-])[C@@H]1O. The summed E-state index contributed by atoms with van der Waals surface area (Å²) in [6.07, 6.45) is -4.71. The molecule has 0 radical (unpaired) electrons. The zero-order valence-electron chi connectivity index (χ0n) is 6.75. The summed E-state index contributed by atoms with van der Waals surface area (Å²) in [6.45, 7) is 1.04. The van der Waals surface area contributed by atoms with Gasteiger partial charge in [0.25, 0.3) is 0 Å². The Balaban J connectivity index is 2.63. The minimum absolute atomic E-state index is 0.477. The van der Waals surface area contributed by atoms with Gasteiger partial charge in [-0.3, -0.25) is 0 Å². The standard InChI is InChI=1S/C7H13O5/c1-3-5(9)6(10)4(2-8)12-7(3)11/h3-9,11H,2H2,1H3/q-1/t3?,4-,5-,6?,7?/m1/s1. The zero-order chi connectivity index (χ0) is 9.30. The fraction of sp³-hybridized carbons (Fsp3) is 1.00. The van der Waals surface area contributed by atoms with Gasteiger partial charge in [0.05, 0.1) is 18.8 Å². The maximum atomic E-state index is 11.1. The average molecular weight is 177 g/mol. The Morgan fingerprint density at radius 2 is 2.00 bits per heavy atom. The van der Waals surface area contributed by atoms with Crippen molar-refractivity contribution in [3.8, 4) is 0 Å². The van der Waals surface area contributed by atoms with Gasteiger partial charge in [0, 0.05) is 5.92 Å². The summed E-state index contributed by atoms with van der Waals surface area (Å²) >= 11 is 0. The molecule has 5 atom stereocenters. The smallest absolute Gasteiger partial charge is 0.159 e. The lowest BCUT2D eigenvalue weighted by Gasteiger charge is -2.45. The Morgan fingerprint density at radius 1 is 1.42 bits per heavy atom. The molecule has 5 nitrogen and oxygen atoms in total. The van der Waals surface area contributed by atoms with E-state index in [1.54, 1.807) is 0 Å². The molecule has 1 aliphatic rings. The molecule has 72 valence electrons. The van der Waals surface area contributed by atoms with Crippen LogP contribution in [0.2, 0.25) is 0 Å². The molecule has 3 N–H and O–H groups in total. The third-order valence-electron chi connectivity index (χ3n) is 2.19. The Hall–Kier alpha value is -0.200. The van der Waals surface area contributed by atoms with Crippen LogP contribution in [0.15, 0.2) is 0 Å². The number of hydrogen-bond acceptors (Lipinski definition) is 5. The minimum atomic E-state index is -1.38. The van der Waals surface area contributed by atoms with Crippen LogP contribution in [-0.4, -0.2) is 46.5 Å². The molecule has 1 saturated heterocycles. The van der Waals surface area contributed by atoms with E-state index in [4.69, 9.17) is 14.9 Å². The molecule has 1 aliphatic heterocycles. The second-order valence-electron chi connectivity index (χ2n) is 3.06. The second kappa shape index (κ2) is 3.68. The highest BCUT2D eigenvalue weighted by Crippen LogP contribution is 2.22. The van der Waals surface area contributed by atoms with Crippen molar-refractivity contribution in [3.05, 3.63) is 0 Å². The Kier molecular flexibility index (Phi) is 3.03. The molecule has 0 aromatic heterocycles. The van der Waals surface area contributed by atoms with Crippen molar-refractivity contribution in [1.29, 1.82) is 0 Å². The Labute approximate surface area is 70.2 Å². The third-order valence-corrected chi connectivity index (χ3v) is 2.19. The fourth-order valence-electron chi connectivity index (χ4n) is 1.22.